The number of hydrogen-bond acceptors (Lipinski definition) is 6. The number of carbonyl (C=O) groups excluding carboxylic acids is 2. The molecule has 242 valence electrons. The van der Waals surface area contributed by atoms with Crippen molar-refractivity contribution in [3.8, 4) is 11.3 Å². The van der Waals surface area contributed by atoms with Gasteiger partial charge in [-0.2, -0.15) is 4.98 Å². The molecule has 0 saturated carbocycles. The lowest BCUT2D eigenvalue weighted by atomic mass is 9.97. The fourth-order valence-electron chi connectivity index (χ4n) is 5.93. The number of aryl methyl sites for hydroxylation is 1. The fourth-order valence-corrected chi connectivity index (χ4v) is 5.93. The Labute approximate surface area is 269 Å². The maximum Gasteiger partial charge on any atom is 0.407 e. The van der Waals surface area contributed by atoms with E-state index < -0.39 is 29.4 Å². The fraction of sp³-hybridized carbons (Fsp3) is 0.265. The number of hydrogen-bond donors (Lipinski definition) is 3. The van der Waals surface area contributed by atoms with Gasteiger partial charge in [0.15, 0.2) is 5.82 Å². The molecule has 0 spiro atoms. The van der Waals surface area contributed by atoms with Crippen LogP contribution < -0.4 is 20.4 Å². The number of piperidine rings is 1. The lowest BCUT2D eigenvalue weighted by Crippen LogP contribution is -2.46. The zero-order valence-electron chi connectivity index (χ0n) is 25.8. The smallest absolute Gasteiger partial charge is 0.407 e. The van der Waals surface area contributed by atoms with Crippen LogP contribution in [0.2, 0.25) is 0 Å². The molecule has 0 atom stereocenters. The summed E-state index contributed by atoms with van der Waals surface area (Å²) in [6, 6.07) is 17.1. The summed E-state index contributed by atoms with van der Waals surface area (Å²) in [5.41, 5.74) is 2.92. The summed E-state index contributed by atoms with van der Waals surface area (Å²) in [7, 11) is 1.53. The first-order valence-electron chi connectivity index (χ1n) is 15.2. The van der Waals surface area contributed by atoms with E-state index in [1.165, 1.54) is 18.0 Å². The van der Waals surface area contributed by atoms with Crippen LogP contribution in [0.3, 0.4) is 0 Å². The van der Waals surface area contributed by atoms with Gasteiger partial charge in [-0.05, 0) is 55.2 Å². The van der Waals surface area contributed by atoms with E-state index in [4.69, 9.17) is 9.97 Å². The van der Waals surface area contributed by atoms with Crippen LogP contribution in [0.15, 0.2) is 66.7 Å². The van der Waals surface area contributed by atoms with Crippen LogP contribution >= 0.6 is 0 Å². The largest absolute Gasteiger partial charge is 0.465 e. The number of para-hydroxylation sites is 1. The highest BCUT2D eigenvalue weighted by Crippen LogP contribution is 2.40. The van der Waals surface area contributed by atoms with Crippen LogP contribution in [0.4, 0.5) is 35.8 Å². The van der Waals surface area contributed by atoms with E-state index in [9.17, 15) is 19.5 Å². The molecule has 0 unspecified atom stereocenters. The number of amides is 4. The Kier molecular flexibility index (Phi) is 8.70. The Morgan fingerprint density at radius 2 is 1.72 bits per heavy atom. The summed E-state index contributed by atoms with van der Waals surface area (Å²) in [4.78, 5) is 51.7. The van der Waals surface area contributed by atoms with Crippen LogP contribution in [0, 0.1) is 18.6 Å². The van der Waals surface area contributed by atoms with Gasteiger partial charge in [0.05, 0.1) is 12.2 Å². The second-order valence-electron chi connectivity index (χ2n) is 11.5. The summed E-state index contributed by atoms with van der Waals surface area (Å²) in [6.07, 6.45) is -0.0192. The van der Waals surface area contributed by atoms with Crippen molar-refractivity contribution in [1.82, 2.24) is 25.5 Å². The van der Waals surface area contributed by atoms with Gasteiger partial charge in [-0.15, -0.1) is 0 Å². The van der Waals surface area contributed by atoms with E-state index in [0.29, 0.717) is 54.9 Å². The molecular weight excluding hydrogens is 608 g/mol. The Morgan fingerprint density at radius 3 is 2.40 bits per heavy atom. The van der Waals surface area contributed by atoms with E-state index in [1.54, 1.807) is 18.2 Å². The third-order valence-corrected chi connectivity index (χ3v) is 8.61. The van der Waals surface area contributed by atoms with Crippen LogP contribution in [0.1, 0.15) is 39.9 Å². The van der Waals surface area contributed by atoms with E-state index in [0.717, 1.165) is 28.2 Å². The van der Waals surface area contributed by atoms with E-state index >= 15 is 8.78 Å². The van der Waals surface area contributed by atoms with Crippen molar-refractivity contribution in [2.24, 2.45) is 0 Å². The second-order valence-corrected chi connectivity index (χ2v) is 11.5. The van der Waals surface area contributed by atoms with Gasteiger partial charge in [0.2, 0.25) is 5.95 Å². The Bertz CT molecular complexity index is 1830. The molecule has 3 heterocycles. The number of anilines is 3. The summed E-state index contributed by atoms with van der Waals surface area (Å²) in [6.45, 7) is 2.98. The minimum absolute atomic E-state index is 0.0147. The average Bonchev–Trinajstić information content (AvgIpc) is 3.08. The van der Waals surface area contributed by atoms with Crippen LogP contribution in [-0.4, -0.2) is 64.2 Å². The molecule has 0 radical (unpaired) electrons. The van der Waals surface area contributed by atoms with E-state index in [2.05, 4.69) is 10.6 Å². The molecule has 13 heteroatoms. The molecule has 6 rings (SSSR count). The normalized spacial score (nSPS) is 14.8. The van der Waals surface area contributed by atoms with Gasteiger partial charge in [0.25, 0.3) is 5.91 Å². The third-order valence-electron chi connectivity index (χ3n) is 8.61. The number of nitrogens with one attached hydrogen (secondary N) is 2. The van der Waals surface area contributed by atoms with Crippen molar-refractivity contribution in [3.63, 3.8) is 0 Å². The highest BCUT2D eigenvalue weighted by molar-refractivity contribution is 6.02. The second kappa shape index (κ2) is 13.0. The van der Waals surface area contributed by atoms with Crippen LogP contribution in [0.25, 0.3) is 11.3 Å². The molecule has 47 heavy (non-hydrogen) atoms. The number of nitrogens with zero attached hydrogens (tertiary/aromatic N) is 5. The summed E-state index contributed by atoms with van der Waals surface area (Å²) in [5.74, 6) is -1.96. The number of urea groups is 1. The average molecular weight is 642 g/mol. The molecule has 11 nitrogen and oxygen atoms in total. The van der Waals surface area contributed by atoms with E-state index in [1.807, 2.05) is 42.2 Å². The van der Waals surface area contributed by atoms with Gasteiger partial charge in [-0.25, -0.2) is 28.3 Å². The number of benzene rings is 3. The molecule has 3 N–H and O–H groups in total. The Balaban J connectivity index is 1.44. The molecule has 0 aliphatic carbocycles. The molecule has 3 aromatic carbocycles. The Hall–Kier alpha value is -5.59. The van der Waals surface area contributed by atoms with Gasteiger partial charge in [-0.1, -0.05) is 42.5 Å². The molecule has 0 bridgehead atoms. The molecule has 2 aliphatic heterocycles. The first-order valence-corrected chi connectivity index (χ1v) is 15.2. The summed E-state index contributed by atoms with van der Waals surface area (Å²) < 4.78 is 30.3. The minimum Gasteiger partial charge on any atom is -0.465 e. The van der Waals surface area contributed by atoms with Gasteiger partial charge < -0.3 is 25.5 Å². The zero-order valence-corrected chi connectivity index (χ0v) is 25.8. The lowest BCUT2D eigenvalue weighted by molar-refractivity contribution is 0.0950. The first kappa shape index (κ1) is 31.4. The van der Waals surface area contributed by atoms with Crippen molar-refractivity contribution in [2.45, 2.75) is 38.9 Å². The quantitative estimate of drug-likeness (QED) is 0.240. The molecule has 1 fully saturated rings. The lowest BCUT2D eigenvalue weighted by Gasteiger charge is -2.37. The molecule has 1 aromatic heterocycles. The topological polar surface area (TPSA) is 131 Å². The van der Waals surface area contributed by atoms with Gasteiger partial charge >= 0.3 is 12.1 Å². The number of fused-ring (bicyclic) bond motifs is 1. The maximum atomic E-state index is 15.2. The van der Waals surface area contributed by atoms with Crippen molar-refractivity contribution < 1.29 is 28.3 Å². The van der Waals surface area contributed by atoms with Crippen molar-refractivity contribution in [2.75, 3.05) is 29.9 Å². The SMILES string of the molecule is Cc1ccc(C(=O)NCc2ccccc2)cc1-c1nc(N2CCC(N(C)C(=O)O)CC2)nc2c1CNC(=O)N2c1c(F)cccc1F. The molecular formula is C34H33F2N7O4. The predicted molar refractivity (Wildman–Crippen MR) is 172 cm³/mol. The molecule has 4 amide bonds. The van der Waals surface area contributed by atoms with Crippen molar-refractivity contribution in [3.05, 3.63) is 101 Å². The number of aromatic nitrogens is 2. The van der Waals surface area contributed by atoms with Crippen LogP contribution in [-0.2, 0) is 13.1 Å². The molecule has 1 saturated heterocycles. The summed E-state index contributed by atoms with van der Waals surface area (Å²) >= 11 is 0. The molecule has 2 aliphatic rings. The minimum atomic E-state index is -1.02. The number of rotatable bonds is 7. The van der Waals surface area contributed by atoms with Crippen LogP contribution in [0.5, 0.6) is 0 Å². The highest BCUT2D eigenvalue weighted by Gasteiger charge is 2.36. The third kappa shape index (κ3) is 6.28. The molecule has 4 aromatic rings. The zero-order chi connectivity index (χ0) is 33.2. The predicted octanol–water partition coefficient (Wildman–Crippen LogP) is 5.60. The number of carboxylic acid groups (broad SMARTS) is 1. The highest BCUT2D eigenvalue weighted by atomic mass is 19.1. The van der Waals surface area contributed by atoms with E-state index in [-0.39, 0.29) is 30.3 Å². The van der Waals surface area contributed by atoms with Crippen molar-refractivity contribution >= 4 is 35.5 Å². The number of carbonyl (C=O) groups is 3. The first-order chi connectivity index (χ1) is 22.6. The Morgan fingerprint density at radius 1 is 1.02 bits per heavy atom. The maximum absolute atomic E-state index is 15.2. The van der Waals surface area contributed by atoms with Gasteiger partial charge in [-0.3, -0.25) is 4.79 Å². The van der Waals surface area contributed by atoms with Crippen molar-refractivity contribution in [1.29, 1.82) is 0 Å². The standard InChI is InChI=1S/C34H33F2N7O4/c1-20-11-12-22(31(44)37-18-21-7-4-3-5-8-21)17-24(20)28-25-19-38-33(45)43(29-26(35)9-6-10-27(29)36)30(25)40-32(39-28)42-15-13-23(14-16-42)41(2)34(46)47/h3-12,17,23H,13-16,18-19H2,1-2H3,(H,37,44)(H,38,45)(H,46,47). The van der Waals surface area contributed by atoms with Gasteiger partial charge in [0, 0.05) is 49.4 Å². The monoisotopic (exact) mass is 641 g/mol. The summed E-state index contributed by atoms with van der Waals surface area (Å²) in [5, 5.41) is 15.1. The van der Waals surface area contributed by atoms with Gasteiger partial charge in [0.1, 0.15) is 17.3 Å². The number of halogens is 2.